The molecule has 2 rings (SSSR count). The molecule has 1 aromatic carbocycles. The third-order valence-corrected chi connectivity index (χ3v) is 3.84. The number of aromatic nitrogens is 2. The summed E-state index contributed by atoms with van der Waals surface area (Å²) >= 11 is 1.27. The van der Waals surface area contributed by atoms with Crippen molar-refractivity contribution >= 4 is 11.5 Å². The van der Waals surface area contributed by atoms with E-state index < -0.39 is 11.6 Å². The lowest BCUT2D eigenvalue weighted by atomic mass is 9.89. The summed E-state index contributed by atoms with van der Waals surface area (Å²) in [5.74, 6) is -1.69. The molecule has 3 nitrogen and oxygen atoms in total. The van der Waals surface area contributed by atoms with Crippen LogP contribution in [0.4, 0.5) is 8.78 Å². The monoisotopic (exact) mass is 297 g/mol. The first-order valence-electron chi connectivity index (χ1n) is 6.29. The van der Waals surface area contributed by atoms with Crippen LogP contribution in [0.3, 0.4) is 0 Å². The summed E-state index contributed by atoms with van der Waals surface area (Å²) in [5.41, 5.74) is 1.37. The van der Waals surface area contributed by atoms with Crippen molar-refractivity contribution in [2.45, 2.75) is 32.2 Å². The molecule has 0 saturated carbocycles. The number of rotatable bonds is 3. The van der Waals surface area contributed by atoms with Crippen molar-refractivity contribution in [3.8, 4) is 0 Å². The first kappa shape index (κ1) is 15.0. The van der Waals surface area contributed by atoms with Crippen molar-refractivity contribution in [3.05, 3.63) is 46.0 Å². The second-order valence-corrected chi connectivity index (χ2v) is 6.42. The highest BCUT2D eigenvalue weighted by atomic mass is 32.1. The van der Waals surface area contributed by atoms with Crippen LogP contribution in [0.25, 0.3) is 0 Å². The Morgan fingerprint density at radius 3 is 2.45 bits per heavy atom. The van der Waals surface area contributed by atoms with Crippen LogP contribution in [0.5, 0.6) is 0 Å². The lowest BCUT2D eigenvalue weighted by Crippen LogP contribution is -2.22. The van der Waals surface area contributed by atoms with Crippen LogP contribution in [-0.2, 0) is 5.41 Å². The molecular weight excluding hydrogens is 280 g/mol. The van der Waals surface area contributed by atoms with Crippen molar-refractivity contribution in [3.63, 3.8) is 0 Å². The molecule has 0 aliphatic carbocycles. The predicted molar refractivity (Wildman–Crippen MR) is 75.9 cm³/mol. The van der Waals surface area contributed by atoms with Gasteiger partial charge in [0, 0.05) is 5.41 Å². The lowest BCUT2D eigenvalue weighted by molar-refractivity contribution is 0.504. The molecule has 108 valence electrons. The van der Waals surface area contributed by atoms with E-state index in [2.05, 4.69) is 14.9 Å². The zero-order chi connectivity index (χ0) is 14.9. The van der Waals surface area contributed by atoms with Crippen LogP contribution >= 0.6 is 11.5 Å². The fourth-order valence-electron chi connectivity index (χ4n) is 2.05. The minimum Gasteiger partial charge on any atom is -0.309 e. The molecule has 20 heavy (non-hydrogen) atoms. The van der Waals surface area contributed by atoms with Gasteiger partial charge in [-0.05, 0) is 36.3 Å². The van der Waals surface area contributed by atoms with Gasteiger partial charge in [-0.15, -0.1) is 5.10 Å². The summed E-state index contributed by atoms with van der Waals surface area (Å²) in [5, 5.41) is 7.30. The van der Waals surface area contributed by atoms with Crippen molar-refractivity contribution in [1.29, 1.82) is 0 Å². The number of halogens is 2. The zero-order valence-electron chi connectivity index (χ0n) is 11.9. The lowest BCUT2D eigenvalue weighted by Gasteiger charge is -2.21. The van der Waals surface area contributed by atoms with Gasteiger partial charge in [-0.2, -0.15) is 0 Å². The summed E-state index contributed by atoms with van der Waals surface area (Å²) < 4.78 is 30.5. The second-order valence-electron chi connectivity index (χ2n) is 5.63. The molecule has 1 atom stereocenters. The fraction of sp³-hybridized carbons (Fsp3) is 0.429. The minimum absolute atomic E-state index is 0.157. The minimum atomic E-state index is -0.850. The van der Waals surface area contributed by atoms with E-state index in [1.54, 1.807) is 13.1 Å². The Bertz CT molecular complexity index is 605. The molecule has 6 heteroatoms. The first-order chi connectivity index (χ1) is 9.34. The molecular formula is C14H17F2N3S. The molecule has 0 radical (unpaired) electrons. The Morgan fingerprint density at radius 1 is 1.20 bits per heavy atom. The molecule has 0 aliphatic heterocycles. The molecule has 1 N–H and O–H groups in total. The molecule has 0 fully saturated rings. The highest BCUT2D eigenvalue weighted by molar-refractivity contribution is 7.05. The van der Waals surface area contributed by atoms with E-state index in [0.717, 1.165) is 16.6 Å². The van der Waals surface area contributed by atoms with Crippen LogP contribution in [0.1, 0.15) is 42.9 Å². The summed E-state index contributed by atoms with van der Waals surface area (Å²) in [6.45, 7) is 6.14. The molecule has 1 unspecified atom stereocenters. The van der Waals surface area contributed by atoms with Crippen molar-refractivity contribution in [2.75, 3.05) is 7.05 Å². The van der Waals surface area contributed by atoms with E-state index in [4.69, 9.17) is 0 Å². The van der Waals surface area contributed by atoms with Gasteiger partial charge in [-0.25, -0.2) is 8.78 Å². The van der Waals surface area contributed by atoms with Gasteiger partial charge in [0.25, 0.3) is 0 Å². The van der Waals surface area contributed by atoms with Gasteiger partial charge < -0.3 is 5.32 Å². The normalized spacial score (nSPS) is 13.5. The summed E-state index contributed by atoms with van der Waals surface area (Å²) in [6.07, 6.45) is 0. The van der Waals surface area contributed by atoms with E-state index in [9.17, 15) is 8.78 Å². The van der Waals surface area contributed by atoms with Crippen molar-refractivity contribution in [2.24, 2.45) is 0 Å². The van der Waals surface area contributed by atoms with Crippen LogP contribution in [0, 0.1) is 11.6 Å². The molecule has 1 heterocycles. The molecule has 2 aromatic rings. The smallest absolute Gasteiger partial charge is 0.159 e. The SMILES string of the molecule is CNC(c1ccc(F)c(F)c1)c1snnc1C(C)(C)C. The third-order valence-electron chi connectivity index (χ3n) is 3.05. The Kier molecular flexibility index (Phi) is 4.15. The van der Waals surface area contributed by atoms with Crippen LogP contribution in [0.2, 0.25) is 0 Å². The van der Waals surface area contributed by atoms with Gasteiger partial charge in [-0.1, -0.05) is 31.3 Å². The van der Waals surface area contributed by atoms with E-state index in [1.807, 2.05) is 20.8 Å². The summed E-state index contributed by atoms with van der Waals surface area (Å²) in [6, 6.07) is 3.67. The maximum Gasteiger partial charge on any atom is 0.159 e. The van der Waals surface area contributed by atoms with Gasteiger partial charge in [0.1, 0.15) is 0 Å². The van der Waals surface area contributed by atoms with E-state index >= 15 is 0 Å². The van der Waals surface area contributed by atoms with Crippen LogP contribution < -0.4 is 5.32 Å². The molecule has 0 bridgehead atoms. The van der Waals surface area contributed by atoms with Crippen LogP contribution in [-0.4, -0.2) is 16.6 Å². The standard InChI is InChI=1S/C14H17F2N3S/c1-14(2,3)13-12(20-19-18-13)11(17-4)8-5-6-9(15)10(16)7-8/h5-7,11,17H,1-4H3. The first-order valence-corrected chi connectivity index (χ1v) is 7.07. The average Bonchev–Trinajstić information content (AvgIpc) is 2.83. The molecule has 0 saturated heterocycles. The van der Waals surface area contributed by atoms with Gasteiger partial charge in [0.05, 0.1) is 16.6 Å². The number of benzene rings is 1. The van der Waals surface area contributed by atoms with Gasteiger partial charge in [0.2, 0.25) is 0 Å². The topological polar surface area (TPSA) is 37.8 Å². The van der Waals surface area contributed by atoms with E-state index in [0.29, 0.717) is 5.56 Å². The van der Waals surface area contributed by atoms with Crippen LogP contribution in [0.15, 0.2) is 18.2 Å². The molecule has 1 aromatic heterocycles. The zero-order valence-corrected chi connectivity index (χ0v) is 12.7. The molecule has 0 spiro atoms. The maximum atomic E-state index is 13.4. The number of nitrogens with one attached hydrogen (secondary N) is 1. The fourth-order valence-corrected chi connectivity index (χ4v) is 3.05. The predicted octanol–water partition coefficient (Wildman–Crippen LogP) is 3.42. The molecule has 0 amide bonds. The number of nitrogens with zero attached hydrogens (tertiary/aromatic N) is 2. The van der Waals surface area contributed by atoms with Crippen molar-refractivity contribution < 1.29 is 8.78 Å². The Labute approximate surface area is 121 Å². The average molecular weight is 297 g/mol. The van der Waals surface area contributed by atoms with Crippen molar-refractivity contribution in [1.82, 2.24) is 14.9 Å². The Balaban J connectivity index is 2.48. The quantitative estimate of drug-likeness (QED) is 0.943. The highest BCUT2D eigenvalue weighted by Crippen LogP contribution is 2.33. The third kappa shape index (κ3) is 2.86. The van der Waals surface area contributed by atoms with E-state index in [-0.39, 0.29) is 11.5 Å². The summed E-state index contributed by atoms with van der Waals surface area (Å²) in [7, 11) is 1.78. The second kappa shape index (κ2) is 5.54. The number of hydrogen-bond donors (Lipinski definition) is 1. The highest BCUT2D eigenvalue weighted by Gasteiger charge is 2.27. The Morgan fingerprint density at radius 2 is 1.90 bits per heavy atom. The Hall–Kier alpha value is -1.40. The molecule has 0 aliphatic rings. The van der Waals surface area contributed by atoms with Gasteiger partial charge in [-0.3, -0.25) is 0 Å². The van der Waals surface area contributed by atoms with E-state index in [1.165, 1.54) is 17.6 Å². The van der Waals surface area contributed by atoms with Gasteiger partial charge in [0.15, 0.2) is 11.6 Å². The number of hydrogen-bond acceptors (Lipinski definition) is 4. The summed E-state index contributed by atoms with van der Waals surface area (Å²) in [4.78, 5) is 0.922. The van der Waals surface area contributed by atoms with Gasteiger partial charge >= 0.3 is 0 Å². The largest absolute Gasteiger partial charge is 0.309 e. The maximum absolute atomic E-state index is 13.4.